The number of aromatic nitrogens is 2. The second-order valence-electron chi connectivity index (χ2n) is 5.68. The smallest absolute Gasteiger partial charge is 0.272 e. The Bertz CT molecular complexity index is 745. The first kappa shape index (κ1) is 16.8. The first-order valence-electron chi connectivity index (χ1n) is 7.97. The molecular weight excluding hydrogens is 325 g/mol. The maximum absolute atomic E-state index is 13.5. The molecule has 1 fully saturated rings. The van der Waals surface area contributed by atoms with Crippen LogP contribution in [0, 0.1) is 5.82 Å². The van der Waals surface area contributed by atoms with Crippen LogP contribution < -0.4 is 10.2 Å². The highest BCUT2D eigenvalue weighted by molar-refractivity contribution is 5.92. The molecule has 0 atom stereocenters. The molecular formula is C17H18FN5O2. The van der Waals surface area contributed by atoms with Gasteiger partial charge in [0.1, 0.15) is 5.82 Å². The fourth-order valence-electron chi connectivity index (χ4n) is 2.58. The van der Waals surface area contributed by atoms with Gasteiger partial charge >= 0.3 is 0 Å². The maximum atomic E-state index is 13.5. The van der Waals surface area contributed by atoms with Crippen molar-refractivity contribution in [3.05, 3.63) is 53.5 Å². The van der Waals surface area contributed by atoms with Crippen LogP contribution in [0.15, 0.2) is 36.4 Å². The SMILES string of the molecule is O=CN1CCN(c2ccc(C(=O)NCc3ccccc3F)nn2)CC1. The molecule has 7 nitrogen and oxygen atoms in total. The van der Waals surface area contributed by atoms with Crippen molar-refractivity contribution in [2.24, 2.45) is 0 Å². The summed E-state index contributed by atoms with van der Waals surface area (Å²) in [5.41, 5.74) is 0.583. The molecule has 1 saturated heterocycles. The second kappa shape index (κ2) is 7.69. The van der Waals surface area contributed by atoms with E-state index in [0.717, 1.165) is 6.41 Å². The summed E-state index contributed by atoms with van der Waals surface area (Å²) in [5.74, 6) is -0.108. The number of carbonyl (C=O) groups is 2. The second-order valence-corrected chi connectivity index (χ2v) is 5.68. The van der Waals surface area contributed by atoms with E-state index in [1.807, 2.05) is 4.90 Å². The van der Waals surface area contributed by atoms with E-state index in [1.165, 1.54) is 6.07 Å². The molecule has 1 aliphatic rings. The number of anilines is 1. The third-order valence-electron chi connectivity index (χ3n) is 4.07. The fraction of sp³-hybridized carbons (Fsp3) is 0.294. The van der Waals surface area contributed by atoms with Gasteiger partial charge in [-0.15, -0.1) is 10.2 Å². The molecule has 1 aliphatic heterocycles. The van der Waals surface area contributed by atoms with Gasteiger partial charge < -0.3 is 15.1 Å². The number of hydrogen-bond acceptors (Lipinski definition) is 5. The van der Waals surface area contributed by atoms with Crippen molar-refractivity contribution in [1.29, 1.82) is 0 Å². The first-order valence-corrected chi connectivity index (χ1v) is 7.97. The Morgan fingerprint density at radius 3 is 2.52 bits per heavy atom. The molecule has 0 bridgehead atoms. The topological polar surface area (TPSA) is 78.4 Å². The highest BCUT2D eigenvalue weighted by Crippen LogP contribution is 2.12. The van der Waals surface area contributed by atoms with E-state index in [9.17, 15) is 14.0 Å². The number of carbonyl (C=O) groups excluding carboxylic acids is 2. The van der Waals surface area contributed by atoms with Gasteiger partial charge in [0, 0.05) is 38.3 Å². The highest BCUT2D eigenvalue weighted by atomic mass is 19.1. The number of hydrogen-bond donors (Lipinski definition) is 1. The van der Waals surface area contributed by atoms with E-state index in [4.69, 9.17) is 0 Å². The molecule has 2 heterocycles. The quantitative estimate of drug-likeness (QED) is 0.814. The molecule has 1 N–H and O–H groups in total. The zero-order valence-electron chi connectivity index (χ0n) is 13.6. The summed E-state index contributed by atoms with van der Waals surface area (Å²) in [5, 5.41) is 10.7. The molecule has 0 unspecified atom stereocenters. The summed E-state index contributed by atoms with van der Waals surface area (Å²) in [6, 6.07) is 9.58. The minimum absolute atomic E-state index is 0.0859. The predicted octanol–water partition coefficient (Wildman–Crippen LogP) is 0.824. The van der Waals surface area contributed by atoms with Crippen molar-refractivity contribution in [1.82, 2.24) is 20.4 Å². The molecule has 8 heteroatoms. The van der Waals surface area contributed by atoms with Crippen LogP contribution in [0.4, 0.5) is 10.2 Å². The molecule has 130 valence electrons. The number of halogens is 1. The summed E-state index contributed by atoms with van der Waals surface area (Å²) in [7, 11) is 0. The van der Waals surface area contributed by atoms with Gasteiger partial charge in [-0.3, -0.25) is 9.59 Å². The van der Waals surface area contributed by atoms with Crippen LogP contribution in [0.2, 0.25) is 0 Å². The Morgan fingerprint density at radius 1 is 1.12 bits per heavy atom. The van der Waals surface area contributed by atoms with E-state index < -0.39 is 5.91 Å². The lowest BCUT2D eigenvalue weighted by atomic mass is 10.2. The molecule has 0 radical (unpaired) electrons. The number of benzene rings is 1. The van der Waals surface area contributed by atoms with Crippen LogP contribution in [0.5, 0.6) is 0 Å². The molecule has 0 saturated carbocycles. The molecule has 1 aromatic heterocycles. The van der Waals surface area contributed by atoms with Gasteiger partial charge in [-0.2, -0.15) is 0 Å². The molecule has 25 heavy (non-hydrogen) atoms. The summed E-state index contributed by atoms with van der Waals surface area (Å²) in [6.45, 7) is 2.70. The summed E-state index contributed by atoms with van der Waals surface area (Å²) in [6.07, 6.45) is 0.839. The van der Waals surface area contributed by atoms with Crippen LogP contribution >= 0.6 is 0 Å². The van der Waals surface area contributed by atoms with E-state index >= 15 is 0 Å². The minimum Gasteiger partial charge on any atom is -0.352 e. The van der Waals surface area contributed by atoms with Crippen LogP contribution in [0.25, 0.3) is 0 Å². The molecule has 2 amide bonds. The van der Waals surface area contributed by atoms with E-state index in [0.29, 0.717) is 37.6 Å². The summed E-state index contributed by atoms with van der Waals surface area (Å²) < 4.78 is 13.5. The third kappa shape index (κ3) is 4.09. The van der Waals surface area contributed by atoms with Gasteiger partial charge in [0.15, 0.2) is 11.5 Å². The van der Waals surface area contributed by atoms with Gasteiger partial charge in [-0.25, -0.2) is 4.39 Å². The Labute approximate surface area is 144 Å². The van der Waals surface area contributed by atoms with Crippen molar-refractivity contribution in [3.63, 3.8) is 0 Å². The molecule has 0 aliphatic carbocycles. The average molecular weight is 343 g/mol. The number of nitrogens with zero attached hydrogens (tertiary/aromatic N) is 4. The van der Waals surface area contributed by atoms with Crippen molar-refractivity contribution in [2.45, 2.75) is 6.54 Å². The summed E-state index contributed by atoms with van der Waals surface area (Å²) >= 11 is 0. The number of nitrogens with one attached hydrogen (secondary N) is 1. The largest absolute Gasteiger partial charge is 0.352 e. The molecule has 0 spiro atoms. The molecule has 2 aromatic rings. The minimum atomic E-state index is -0.409. The third-order valence-corrected chi connectivity index (χ3v) is 4.07. The van der Waals surface area contributed by atoms with E-state index in [-0.39, 0.29) is 18.1 Å². The number of piperazine rings is 1. The number of rotatable bonds is 5. The van der Waals surface area contributed by atoms with Crippen LogP contribution in [0.3, 0.4) is 0 Å². The maximum Gasteiger partial charge on any atom is 0.272 e. The van der Waals surface area contributed by atoms with Gasteiger partial charge in [0.2, 0.25) is 6.41 Å². The Morgan fingerprint density at radius 2 is 1.88 bits per heavy atom. The normalized spacial score (nSPS) is 14.3. The van der Waals surface area contributed by atoms with Crippen LogP contribution in [-0.2, 0) is 11.3 Å². The van der Waals surface area contributed by atoms with Crippen molar-refractivity contribution < 1.29 is 14.0 Å². The Kier molecular flexibility index (Phi) is 5.17. The average Bonchev–Trinajstić information content (AvgIpc) is 2.67. The van der Waals surface area contributed by atoms with Crippen molar-refractivity contribution in [3.8, 4) is 0 Å². The summed E-state index contributed by atoms with van der Waals surface area (Å²) in [4.78, 5) is 26.5. The van der Waals surface area contributed by atoms with Gasteiger partial charge in [-0.1, -0.05) is 18.2 Å². The first-order chi connectivity index (χ1) is 12.2. The van der Waals surface area contributed by atoms with Gasteiger partial charge in [-0.05, 0) is 18.2 Å². The predicted molar refractivity (Wildman–Crippen MR) is 89.5 cm³/mol. The molecule has 1 aromatic carbocycles. The Hall–Kier alpha value is -3.03. The lowest BCUT2D eigenvalue weighted by molar-refractivity contribution is -0.118. The number of amides is 2. The zero-order valence-corrected chi connectivity index (χ0v) is 13.6. The highest BCUT2D eigenvalue weighted by Gasteiger charge is 2.17. The van der Waals surface area contributed by atoms with Crippen molar-refractivity contribution in [2.75, 3.05) is 31.1 Å². The lowest BCUT2D eigenvalue weighted by Gasteiger charge is -2.32. The monoisotopic (exact) mass is 343 g/mol. The standard InChI is InChI=1S/C17H18FN5O2/c18-14-4-2-1-3-13(14)11-19-17(25)15-5-6-16(21-20-15)23-9-7-22(12-24)8-10-23/h1-6,12H,7-11H2,(H,19,25). The Balaban J connectivity index is 1.57. The van der Waals surface area contributed by atoms with E-state index in [2.05, 4.69) is 15.5 Å². The van der Waals surface area contributed by atoms with E-state index in [1.54, 1.807) is 35.2 Å². The van der Waals surface area contributed by atoms with Crippen LogP contribution in [0.1, 0.15) is 16.1 Å². The van der Waals surface area contributed by atoms with Gasteiger partial charge in [0.25, 0.3) is 5.91 Å². The fourth-order valence-corrected chi connectivity index (χ4v) is 2.58. The van der Waals surface area contributed by atoms with Gasteiger partial charge in [0.05, 0.1) is 0 Å². The molecule has 3 rings (SSSR count). The lowest BCUT2D eigenvalue weighted by Crippen LogP contribution is -2.46. The van der Waals surface area contributed by atoms with Crippen molar-refractivity contribution >= 4 is 18.1 Å². The van der Waals surface area contributed by atoms with Crippen LogP contribution in [-0.4, -0.2) is 53.6 Å². The zero-order chi connectivity index (χ0) is 17.6.